The minimum Gasteiger partial charge on any atom is -0.493 e. The molecule has 0 radical (unpaired) electrons. The number of rotatable bonds is 6. The Balaban J connectivity index is 2.43. The highest BCUT2D eigenvalue weighted by Gasteiger charge is 2.14. The van der Waals surface area contributed by atoms with E-state index in [1.54, 1.807) is 14.2 Å². The van der Waals surface area contributed by atoms with Crippen LogP contribution in [0.15, 0.2) is 36.4 Å². The molecule has 0 spiro atoms. The summed E-state index contributed by atoms with van der Waals surface area (Å²) in [6.07, 6.45) is 0. The largest absolute Gasteiger partial charge is 0.493 e. The van der Waals surface area contributed by atoms with Crippen molar-refractivity contribution in [2.75, 3.05) is 14.2 Å². The Kier molecular flexibility index (Phi) is 5.59. The average molecular weight is 327 g/mol. The summed E-state index contributed by atoms with van der Waals surface area (Å²) >= 11 is 11.8. The summed E-state index contributed by atoms with van der Waals surface area (Å²) in [5.41, 5.74) is 1.73. The fourth-order valence-corrected chi connectivity index (χ4v) is 2.50. The standard InChI is InChI=1S/C16H16Cl2O3/c1-19-15-11(9-17)5-3-7-13(15)21-14-8-4-6-12(10-18)16(14)20-2/h3-8H,9-10H2,1-2H3. The number of methoxy groups -OCH3 is 2. The van der Waals surface area contributed by atoms with Gasteiger partial charge in [-0.05, 0) is 12.1 Å². The van der Waals surface area contributed by atoms with Crippen LogP contribution in [0.4, 0.5) is 0 Å². The van der Waals surface area contributed by atoms with Gasteiger partial charge in [0, 0.05) is 11.1 Å². The molecular weight excluding hydrogens is 311 g/mol. The lowest BCUT2D eigenvalue weighted by molar-refractivity contribution is 0.353. The lowest BCUT2D eigenvalue weighted by Crippen LogP contribution is -1.97. The molecule has 0 amide bonds. The predicted molar refractivity (Wildman–Crippen MR) is 85.2 cm³/mol. The van der Waals surface area contributed by atoms with E-state index < -0.39 is 0 Å². The van der Waals surface area contributed by atoms with Gasteiger partial charge >= 0.3 is 0 Å². The molecule has 0 aliphatic rings. The van der Waals surface area contributed by atoms with E-state index in [1.165, 1.54) is 0 Å². The Morgan fingerprint density at radius 1 is 0.762 bits per heavy atom. The monoisotopic (exact) mass is 326 g/mol. The first-order valence-corrected chi connectivity index (χ1v) is 7.43. The maximum Gasteiger partial charge on any atom is 0.169 e. The van der Waals surface area contributed by atoms with E-state index in [0.29, 0.717) is 34.8 Å². The van der Waals surface area contributed by atoms with Gasteiger partial charge < -0.3 is 14.2 Å². The third kappa shape index (κ3) is 3.36. The summed E-state index contributed by atoms with van der Waals surface area (Å²) < 4.78 is 16.7. The van der Waals surface area contributed by atoms with Crippen LogP contribution >= 0.6 is 23.2 Å². The minimum absolute atomic E-state index is 0.346. The van der Waals surface area contributed by atoms with Crippen molar-refractivity contribution in [3.05, 3.63) is 47.5 Å². The van der Waals surface area contributed by atoms with Crippen LogP contribution in [0.5, 0.6) is 23.0 Å². The molecule has 0 aliphatic heterocycles. The van der Waals surface area contributed by atoms with Gasteiger partial charge in [0.15, 0.2) is 23.0 Å². The normalized spacial score (nSPS) is 10.3. The maximum absolute atomic E-state index is 5.94. The van der Waals surface area contributed by atoms with E-state index in [9.17, 15) is 0 Å². The van der Waals surface area contributed by atoms with Crippen LogP contribution in [-0.4, -0.2) is 14.2 Å². The zero-order valence-electron chi connectivity index (χ0n) is 11.9. The van der Waals surface area contributed by atoms with E-state index in [1.807, 2.05) is 36.4 Å². The highest BCUT2D eigenvalue weighted by atomic mass is 35.5. The van der Waals surface area contributed by atoms with Crippen LogP contribution in [0.3, 0.4) is 0 Å². The summed E-state index contributed by atoms with van der Waals surface area (Å²) in [4.78, 5) is 0. The van der Waals surface area contributed by atoms with E-state index in [0.717, 1.165) is 11.1 Å². The fourth-order valence-electron chi connectivity index (χ4n) is 2.08. The predicted octanol–water partition coefficient (Wildman–Crippen LogP) is 4.97. The molecular formula is C16H16Cl2O3. The zero-order valence-corrected chi connectivity index (χ0v) is 13.4. The van der Waals surface area contributed by atoms with Crippen molar-refractivity contribution >= 4 is 23.2 Å². The second kappa shape index (κ2) is 7.43. The Morgan fingerprint density at radius 2 is 1.19 bits per heavy atom. The number of halogens is 2. The van der Waals surface area contributed by atoms with Crippen LogP contribution in [0.25, 0.3) is 0 Å². The second-order valence-electron chi connectivity index (χ2n) is 4.27. The van der Waals surface area contributed by atoms with Gasteiger partial charge in [0.25, 0.3) is 0 Å². The molecule has 5 heteroatoms. The first-order valence-electron chi connectivity index (χ1n) is 6.36. The third-order valence-corrected chi connectivity index (χ3v) is 3.61. The molecule has 0 fully saturated rings. The first kappa shape index (κ1) is 15.8. The number of hydrogen-bond donors (Lipinski definition) is 0. The smallest absolute Gasteiger partial charge is 0.169 e. The summed E-state index contributed by atoms with van der Waals surface area (Å²) in [6, 6.07) is 11.2. The van der Waals surface area contributed by atoms with Gasteiger partial charge in [0.05, 0.1) is 26.0 Å². The van der Waals surface area contributed by atoms with Crippen molar-refractivity contribution in [1.82, 2.24) is 0 Å². The van der Waals surface area contributed by atoms with Crippen molar-refractivity contribution < 1.29 is 14.2 Å². The fraction of sp³-hybridized carbons (Fsp3) is 0.250. The summed E-state index contributed by atoms with van der Waals surface area (Å²) in [7, 11) is 3.18. The summed E-state index contributed by atoms with van der Waals surface area (Å²) in [6.45, 7) is 0. The molecule has 0 aromatic heterocycles. The molecule has 0 unspecified atom stereocenters. The van der Waals surface area contributed by atoms with Crippen molar-refractivity contribution in [3.63, 3.8) is 0 Å². The van der Waals surface area contributed by atoms with E-state index in [2.05, 4.69) is 0 Å². The van der Waals surface area contributed by atoms with Crippen LogP contribution in [0.1, 0.15) is 11.1 Å². The molecule has 0 bridgehead atoms. The molecule has 2 aromatic carbocycles. The molecule has 21 heavy (non-hydrogen) atoms. The minimum atomic E-state index is 0.346. The van der Waals surface area contributed by atoms with Crippen molar-refractivity contribution in [2.24, 2.45) is 0 Å². The Morgan fingerprint density at radius 3 is 1.52 bits per heavy atom. The maximum atomic E-state index is 5.94. The molecule has 0 aliphatic carbocycles. The molecule has 3 nitrogen and oxygen atoms in total. The van der Waals surface area contributed by atoms with Gasteiger partial charge in [-0.1, -0.05) is 24.3 Å². The van der Waals surface area contributed by atoms with Gasteiger partial charge in [-0.3, -0.25) is 0 Å². The number of para-hydroxylation sites is 2. The lowest BCUT2D eigenvalue weighted by Gasteiger charge is -2.16. The van der Waals surface area contributed by atoms with Crippen LogP contribution in [-0.2, 0) is 11.8 Å². The molecule has 0 saturated heterocycles. The van der Waals surface area contributed by atoms with Crippen molar-refractivity contribution in [2.45, 2.75) is 11.8 Å². The molecule has 0 N–H and O–H groups in total. The number of ether oxygens (including phenoxy) is 3. The van der Waals surface area contributed by atoms with Crippen LogP contribution in [0.2, 0.25) is 0 Å². The molecule has 2 aromatic rings. The van der Waals surface area contributed by atoms with E-state index in [-0.39, 0.29) is 0 Å². The van der Waals surface area contributed by atoms with Gasteiger partial charge in [-0.2, -0.15) is 0 Å². The Bertz CT molecular complexity index is 561. The highest BCUT2D eigenvalue weighted by molar-refractivity contribution is 6.17. The molecule has 2 rings (SSSR count). The van der Waals surface area contributed by atoms with Crippen LogP contribution in [0, 0.1) is 0 Å². The first-order chi connectivity index (χ1) is 10.2. The third-order valence-electron chi connectivity index (χ3n) is 3.04. The van der Waals surface area contributed by atoms with Gasteiger partial charge in [0.2, 0.25) is 0 Å². The lowest BCUT2D eigenvalue weighted by atomic mass is 10.2. The summed E-state index contributed by atoms with van der Waals surface area (Å²) in [5, 5.41) is 0. The average Bonchev–Trinajstić information content (AvgIpc) is 2.54. The van der Waals surface area contributed by atoms with Crippen molar-refractivity contribution in [1.29, 1.82) is 0 Å². The van der Waals surface area contributed by atoms with E-state index in [4.69, 9.17) is 37.4 Å². The Labute approximate surface area is 134 Å². The SMILES string of the molecule is COc1c(CCl)cccc1Oc1cccc(CCl)c1OC. The molecule has 0 heterocycles. The highest BCUT2D eigenvalue weighted by Crippen LogP contribution is 2.40. The molecule has 0 atom stereocenters. The molecule has 112 valence electrons. The summed E-state index contributed by atoms with van der Waals surface area (Å²) in [5.74, 6) is 3.09. The second-order valence-corrected chi connectivity index (χ2v) is 4.80. The van der Waals surface area contributed by atoms with Crippen molar-refractivity contribution in [3.8, 4) is 23.0 Å². The number of alkyl halides is 2. The quantitative estimate of drug-likeness (QED) is 0.701. The topological polar surface area (TPSA) is 27.7 Å². The molecule has 0 saturated carbocycles. The zero-order chi connectivity index (χ0) is 15.2. The van der Waals surface area contributed by atoms with Gasteiger partial charge in [-0.25, -0.2) is 0 Å². The Hall–Kier alpha value is -1.58. The van der Waals surface area contributed by atoms with E-state index >= 15 is 0 Å². The number of hydrogen-bond acceptors (Lipinski definition) is 3. The van der Waals surface area contributed by atoms with Gasteiger partial charge in [-0.15, -0.1) is 23.2 Å². The van der Waals surface area contributed by atoms with Crippen LogP contribution < -0.4 is 14.2 Å². The van der Waals surface area contributed by atoms with Gasteiger partial charge in [0.1, 0.15) is 0 Å². The number of benzene rings is 2.